The first-order chi connectivity index (χ1) is 6.70. The van der Waals surface area contributed by atoms with E-state index < -0.39 is 0 Å². The van der Waals surface area contributed by atoms with E-state index in [9.17, 15) is 0 Å². The molecule has 4 heteroatoms. The molecule has 14 heavy (non-hydrogen) atoms. The van der Waals surface area contributed by atoms with Crippen molar-refractivity contribution in [2.24, 2.45) is 5.73 Å². The molecule has 0 bridgehead atoms. The second-order valence-corrected chi connectivity index (χ2v) is 3.64. The van der Waals surface area contributed by atoms with E-state index in [4.69, 9.17) is 17.3 Å². The number of halogens is 1. The minimum Gasteiger partial charge on any atom is -0.322 e. The summed E-state index contributed by atoms with van der Waals surface area (Å²) in [7, 11) is 0. The molecule has 1 aromatic heterocycles. The lowest BCUT2D eigenvalue weighted by Crippen LogP contribution is -2.16. The minimum atomic E-state index is -0.103. The van der Waals surface area contributed by atoms with E-state index in [2.05, 4.69) is 18.6 Å². The van der Waals surface area contributed by atoms with Gasteiger partial charge in [0.1, 0.15) is 0 Å². The maximum Gasteiger partial charge on any atom is 0.0834 e. The SMILES string of the molecule is C=CCC(N)c1c(Cl)cnn1CCC. The number of hydrogen-bond acceptors (Lipinski definition) is 2. The number of aromatic nitrogens is 2. The quantitative estimate of drug-likeness (QED) is 0.764. The van der Waals surface area contributed by atoms with Gasteiger partial charge in [0.2, 0.25) is 0 Å². The number of nitrogens with zero attached hydrogens (tertiary/aromatic N) is 2. The van der Waals surface area contributed by atoms with Gasteiger partial charge in [-0.3, -0.25) is 4.68 Å². The topological polar surface area (TPSA) is 43.8 Å². The van der Waals surface area contributed by atoms with E-state index >= 15 is 0 Å². The lowest BCUT2D eigenvalue weighted by molar-refractivity contribution is 0.541. The van der Waals surface area contributed by atoms with Crippen molar-refractivity contribution in [1.82, 2.24) is 9.78 Å². The molecule has 0 aromatic carbocycles. The number of hydrogen-bond donors (Lipinski definition) is 1. The van der Waals surface area contributed by atoms with Gasteiger partial charge in [0.15, 0.2) is 0 Å². The van der Waals surface area contributed by atoms with Crippen LogP contribution in [-0.4, -0.2) is 9.78 Å². The summed E-state index contributed by atoms with van der Waals surface area (Å²) in [6.45, 7) is 6.61. The maximum atomic E-state index is 6.01. The highest BCUT2D eigenvalue weighted by atomic mass is 35.5. The summed E-state index contributed by atoms with van der Waals surface area (Å²) in [6, 6.07) is -0.103. The highest BCUT2D eigenvalue weighted by molar-refractivity contribution is 6.31. The fourth-order valence-corrected chi connectivity index (χ4v) is 1.70. The van der Waals surface area contributed by atoms with Crippen LogP contribution in [0.25, 0.3) is 0 Å². The van der Waals surface area contributed by atoms with Gasteiger partial charge in [-0.15, -0.1) is 6.58 Å². The Morgan fingerprint density at radius 1 is 1.79 bits per heavy atom. The smallest absolute Gasteiger partial charge is 0.0834 e. The highest BCUT2D eigenvalue weighted by Crippen LogP contribution is 2.23. The molecule has 78 valence electrons. The van der Waals surface area contributed by atoms with Crippen molar-refractivity contribution in [2.45, 2.75) is 32.4 Å². The molecule has 1 rings (SSSR count). The Kier molecular flexibility index (Phi) is 4.17. The lowest BCUT2D eigenvalue weighted by atomic mass is 10.1. The van der Waals surface area contributed by atoms with E-state index in [1.54, 1.807) is 12.3 Å². The van der Waals surface area contributed by atoms with Gasteiger partial charge in [0, 0.05) is 6.54 Å². The predicted molar refractivity (Wildman–Crippen MR) is 59.3 cm³/mol. The van der Waals surface area contributed by atoms with Crippen LogP contribution in [0.2, 0.25) is 5.02 Å². The summed E-state index contributed by atoms with van der Waals surface area (Å²) >= 11 is 6.01. The third kappa shape index (κ3) is 2.36. The van der Waals surface area contributed by atoms with Crippen LogP contribution in [0.3, 0.4) is 0 Å². The van der Waals surface area contributed by atoms with E-state index in [1.807, 2.05) is 4.68 Å². The zero-order chi connectivity index (χ0) is 10.6. The second kappa shape index (κ2) is 5.17. The van der Waals surface area contributed by atoms with Crippen LogP contribution in [-0.2, 0) is 6.54 Å². The van der Waals surface area contributed by atoms with E-state index in [0.29, 0.717) is 5.02 Å². The van der Waals surface area contributed by atoms with Crippen LogP contribution in [0.15, 0.2) is 18.9 Å². The molecule has 0 spiro atoms. The van der Waals surface area contributed by atoms with Gasteiger partial charge in [-0.2, -0.15) is 5.10 Å². The average molecular weight is 214 g/mol. The van der Waals surface area contributed by atoms with Crippen LogP contribution in [0.1, 0.15) is 31.5 Å². The van der Waals surface area contributed by atoms with Gasteiger partial charge in [-0.1, -0.05) is 24.6 Å². The number of nitrogens with two attached hydrogens (primary N) is 1. The van der Waals surface area contributed by atoms with Crippen molar-refractivity contribution in [3.05, 3.63) is 29.6 Å². The second-order valence-electron chi connectivity index (χ2n) is 3.23. The Bertz CT molecular complexity index is 306. The molecular weight excluding hydrogens is 198 g/mol. The zero-order valence-corrected chi connectivity index (χ0v) is 9.17. The lowest BCUT2D eigenvalue weighted by Gasteiger charge is -2.12. The van der Waals surface area contributed by atoms with Crippen molar-refractivity contribution in [3.8, 4) is 0 Å². The molecule has 1 atom stereocenters. The molecule has 0 radical (unpaired) electrons. The van der Waals surface area contributed by atoms with Gasteiger partial charge in [0.05, 0.1) is 23.0 Å². The Hall–Kier alpha value is -0.800. The van der Waals surface area contributed by atoms with Gasteiger partial charge < -0.3 is 5.73 Å². The summed E-state index contributed by atoms with van der Waals surface area (Å²) in [5, 5.41) is 4.83. The summed E-state index contributed by atoms with van der Waals surface area (Å²) < 4.78 is 1.87. The minimum absolute atomic E-state index is 0.103. The van der Waals surface area contributed by atoms with Crippen LogP contribution in [0, 0.1) is 0 Å². The molecule has 0 amide bonds. The molecule has 1 unspecified atom stereocenters. The maximum absolute atomic E-state index is 6.01. The highest BCUT2D eigenvalue weighted by Gasteiger charge is 2.14. The monoisotopic (exact) mass is 213 g/mol. The first-order valence-corrected chi connectivity index (χ1v) is 5.16. The molecule has 0 aliphatic carbocycles. The summed E-state index contributed by atoms with van der Waals surface area (Å²) in [5.41, 5.74) is 6.88. The van der Waals surface area contributed by atoms with Gasteiger partial charge in [-0.25, -0.2) is 0 Å². The van der Waals surface area contributed by atoms with Gasteiger partial charge in [0.25, 0.3) is 0 Å². The van der Waals surface area contributed by atoms with Crippen LogP contribution in [0.5, 0.6) is 0 Å². The normalized spacial score (nSPS) is 12.8. The average Bonchev–Trinajstić information content (AvgIpc) is 2.48. The summed E-state index contributed by atoms with van der Waals surface area (Å²) in [4.78, 5) is 0. The molecule has 0 saturated carbocycles. The van der Waals surface area contributed by atoms with Crippen molar-refractivity contribution in [2.75, 3.05) is 0 Å². The standard InChI is InChI=1S/C10H16ClN3/c1-3-5-9(12)10-8(11)7-13-14(10)6-4-2/h3,7,9H,1,4-6,12H2,2H3. The first kappa shape index (κ1) is 11.3. The summed E-state index contributed by atoms with van der Waals surface area (Å²) in [5.74, 6) is 0. The molecule has 0 aliphatic rings. The zero-order valence-electron chi connectivity index (χ0n) is 8.41. The van der Waals surface area contributed by atoms with E-state index in [1.165, 1.54) is 0 Å². The molecule has 0 aliphatic heterocycles. The van der Waals surface area contributed by atoms with Crippen molar-refractivity contribution >= 4 is 11.6 Å². The molecule has 3 nitrogen and oxygen atoms in total. The molecule has 2 N–H and O–H groups in total. The Morgan fingerprint density at radius 2 is 2.50 bits per heavy atom. The Labute approximate surface area is 89.5 Å². The number of aryl methyl sites for hydroxylation is 1. The predicted octanol–water partition coefficient (Wildman–Crippen LogP) is 2.52. The molecule has 0 saturated heterocycles. The fourth-order valence-electron chi connectivity index (χ4n) is 1.42. The van der Waals surface area contributed by atoms with Crippen LogP contribution in [0.4, 0.5) is 0 Å². The fraction of sp³-hybridized carbons (Fsp3) is 0.500. The number of rotatable bonds is 5. The Morgan fingerprint density at radius 3 is 3.07 bits per heavy atom. The van der Waals surface area contributed by atoms with E-state index in [-0.39, 0.29) is 6.04 Å². The third-order valence-electron chi connectivity index (χ3n) is 2.04. The molecule has 1 heterocycles. The first-order valence-electron chi connectivity index (χ1n) is 4.78. The van der Waals surface area contributed by atoms with Crippen LogP contribution >= 0.6 is 11.6 Å². The summed E-state index contributed by atoms with van der Waals surface area (Å²) in [6.07, 6.45) is 5.18. The van der Waals surface area contributed by atoms with Crippen LogP contribution < -0.4 is 5.73 Å². The molecular formula is C10H16ClN3. The van der Waals surface area contributed by atoms with E-state index in [0.717, 1.165) is 25.1 Å². The third-order valence-corrected chi connectivity index (χ3v) is 2.33. The van der Waals surface area contributed by atoms with Gasteiger partial charge in [-0.05, 0) is 12.8 Å². The van der Waals surface area contributed by atoms with Crippen molar-refractivity contribution < 1.29 is 0 Å². The van der Waals surface area contributed by atoms with Gasteiger partial charge >= 0.3 is 0 Å². The molecule has 0 fully saturated rings. The largest absolute Gasteiger partial charge is 0.322 e. The van der Waals surface area contributed by atoms with Crippen molar-refractivity contribution in [1.29, 1.82) is 0 Å². The molecule has 1 aromatic rings. The van der Waals surface area contributed by atoms with Crippen molar-refractivity contribution in [3.63, 3.8) is 0 Å². The Balaban J connectivity index is 2.91.